The van der Waals surface area contributed by atoms with E-state index in [-0.39, 0.29) is 6.04 Å². The van der Waals surface area contributed by atoms with Crippen LogP contribution in [0.4, 0.5) is 5.82 Å². The maximum absolute atomic E-state index is 10.9. The van der Waals surface area contributed by atoms with E-state index in [4.69, 9.17) is 0 Å². The molecule has 0 aliphatic carbocycles. The third-order valence-electron chi connectivity index (χ3n) is 3.61. The quantitative estimate of drug-likeness (QED) is 0.813. The second kappa shape index (κ2) is 5.85. The summed E-state index contributed by atoms with van der Waals surface area (Å²) in [7, 11) is 0. The Labute approximate surface area is 108 Å². The second-order valence-electron chi connectivity index (χ2n) is 4.93. The van der Waals surface area contributed by atoms with Crippen LogP contribution in [0.1, 0.15) is 44.7 Å². The molecule has 0 spiro atoms. The molecule has 0 bridgehead atoms. The molecule has 0 radical (unpaired) electrons. The Morgan fingerprint density at radius 3 is 3.06 bits per heavy atom. The molecule has 0 saturated carbocycles. The maximum Gasteiger partial charge on any atom is 0.210 e. The van der Waals surface area contributed by atoms with Crippen LogP contribution >= 0.6 is 0 Å². The normalized spacial score (nSPS) is 20.8. The summed E-state index contributed by atoms with van der Waals surface area (Å²) in [5.74, 6) is 0.906. The minimum absolute atomic E-state index is 0.215. The number of hydrogen-bond acceptors (Lipinski definition) is 3. The van der Waals surface area contributed by atoms with E-state index in [1.54, 1.807) is 0 Å². The summed E-state index contributed by atoms with van der Waals surface area (Å²) in [5.41, 5.74) is 1.13. The third kappa shape index (κ3) is 2.81. The number of aromatic nitrogens is 1. The minimum atomic E-state index is 0.215. The number of nitrogens with one attached hydrogen (secondary N) is 1. The van der Waals surface area contributed by atoms with E-state index in [1.165, 1.54) is 0 Å². The number of hydrogen-bond donors (Lipinski definition) is 1. The van der Waals surface area contributed by atoms with Gasteiger partial charge >= 0.3 is 0 Å². The number of pyridine rings is 1. The van der Waals surface area contributed by atoms with Gasteiger partial charge < -0.3 is 10.2 Å². The van der Waals surface area contributed by atoms with Gasteiger partial charge in [-0.2, -0.15) is 0 Å². The van der Waals surface area contributed by atoms with Crippen molar-refractivity contribution in [2.75, 3.05) is 11.9 Å². The summed E-state index contributed by atoms with van der Waals surface area (Å²) < 4.78 is 0. The smallest absolute Gasteiger partial charge is 0.210 e. The van der Waals surface area contributed by atoms with Gasteiger partial charge in [-0.15, -0.1) is 0 Å². The van der Waals surface area contributed by atoms with Crippen LogP contribution < -0.4 is 5.32 Å². The van der Waals surface area contributed by atoms with Gasteiger partial charge in [0.25, 0.3) is 0 Å². The monoisotopic (exact) mass is 247 g/mol. The van der Waals surface area contributed by atoms with E-state index in [2.05, 4.69) is 30.2 Å². The number of likely N-dealkylation sites (tertiary alicyclic amines) is 1. The van der Waals surface area contributed by atoms with E-state index in [0.717, 1.165) is 43.6 Å². The molecule has 1 aromatic rings. The Morgan fingerprint density at radius 1 is 1.61 bits per heavy atom. The predicted molar refractivity (Wildman–Crippen MR) is 72.4 cm³/mol. The average molecular weight is 247 g/mol. The molecule has 1 saturated heterocycles. The summed E-state index contributed by atoms with van der Waals surface area (Å²) in [5, 5.41) is 3.34. The van der Waals surface area contributed by atoms with Crippen molar-refractivity contribution in [2.45, 2.75) is 45.2 Å². The van der Waals surface area contributed by atoms with Crippen LogP contribution in [0, 0.1) is 0 Å². The molecule has 0 unspecified atom stereocenters. The van der Waals surface area contributed by atoms with Crippen LogP contribution in [0.2, 0.25) is 0 Å². The van der Waals surface area contributed by atoms with Gasteiger partial charge in [0.05, 0.1) is 6.04 Å². The zero-order valence-electron chi connectivity index (χ0n) is 11.1. The van der Waals surface area contributed by atoms with Crippen LogP contribution in [0.25, 0.3) is 0 Å². The van der Waals surface area contributed by atoms with Gasteiger partial charge in [0.15, 0.2) is 0 Å². The fraction of sp³-hybridized carbons (Fsp3) is 0.571. The zero-order chi connectivity index (χ0) is 13.0. The minimum Gasteiger partial charge on any atom is -0.368 e. The van der Waals surface area contributed by atoms with Crippen molar-refractivity contribution in [2.24, 2.45) is 0 Å². The average Bonchev–Trinajstić information content (AvgIpc) is 2.87. The molecule has 4 heteroatoms. The molecule has 18 heavy (non-hydrogen) atoms. The first-order valence-corrected chi connectivity index (χ1v) is 6.68. The van der Waals surface area contributed by atoms with Crippen molar-refractivity contribution in [3.05, 3.63) is 23.9 Å². The Balaban J connectivity index is 2.05. The number of nitrogens with zero attached hydrogens (tertiary/aromatic N) is 2. The van der Waals surface area contributed by atoms with Crippen molar-refractivity contribution in [3.63, 3.8) is 0 Å². The maximum atomic E-state index is 10.9. The fourth-order valence-electron chi connectivity index (χ4n) is 2.32. The van der Waals surface area contributed by atoms with E-state index < -0.39 is 0 Å². The number of anilines is 1. The number of rotatable bonds is 5. The highest BCUT2D eigenvalue weighted by Crippen LogP contribution is 2.30. The highest BCUT2D eigenvalue weighted by Gasteiger charge is 2.24. The first-order valence-electron chi connectivity index (χ1n) is 6.68. The lowest BCUT2D eigenvalue weighted by molar-refractivity contribution is -0.118. The molecule has 98 valence electrons. The van der Waals surface area contributed by atoms with Gasteiger partial charge in [-0.05, 0) is 37.8 Å². The van der Waals surface area contributed by atoms with Gasteiger partial charge in [-0.3, -0.25) is 4.79 Å². The molecule has 1 aromatic heterocycles. The molecule has 2 heterocycles. The predicted octanol–water partition coefficient (Wildman–Crippen LogP) is 2.59. The lowest BCUT2D eigenvalue weighted by Gasteiger charge is -2.20. The Hall–Kier alpha value is -1.58. The molecule has 0 aromatic carbocycles. The van der Waals surface area contributed by atoms with E-state index in [9.17, 15) is 4.79 Å². The number of carbonyl (C=O) groups excluding carboxylic acids is 1. The van der Waals surface area contributed by atoms with Crippen LogP contribution in [-0.2, 0) is 4.79 Å². The summed E-state index contributed by atoms with van der Waals surface area (Å²) in [6, 6.07) is 4.72. The van der Waals surface area contributed by atoms with Crippen LogP contribution in [0.3, 0.4) is 0 Å². The van der Waals surface area contributed by atoms with Crippen molar-refractivity contribution < 1.29 is 4.79 Å². The van der Waals surface area contributed by atoms with E-state index in [0.29, 0.717) is 6.04 Å². The van der Waals surface area contributed by atoms with Gasteiger partial charge in [-0.1, -0.05) is 13.0 Å². The first-order chi connectivity index (χ1) is 8.74. The highest BCUT2D eigenvalue weighted by atomic mass is 16.1. The largest absolute Gasteiger partial charge is 0.368 e. The van der Waals surface area contributed by atoms with Crippen molar-refractivity contribution in [3.8, 4) is 0 Å². The zero-order valence-corrected chi connectivity index (χ0v) is 11.1. The van der Waals surface area contributed by atoms with Crippen LogP contribution in [0.15, 0.2) is 18.3 Å². The number of carbonyl (C=O) groups is 1. The first kappa shape index (κ1) is 12.9. The Kier molecular flexibility index (Phi) is 4.18. The van der Waals surface area contributed by atoms with Gasteiger partial charge in [0.1, 0.15) is 5.82 Å². The van der Waals surface area contributed by atoms with Gasteiger partial charge in [0.2, 0.25) is 6.41 Å². The lowest BCUT2D eigenvalue weighted by Crippen LogP contribution is -2.21. The molecule has 1 aliphatic heterocycles. The Morgan fingerprint density at radius 2 is 2.44 bits per heavy atom. The molecular formula is C14H21N3O. The summed E-state index contributed by atoms with van der Waals surface area (Å²) in [6.45, 7) is 5.15. The van der Waals surface area contributed by atoms with E-state index >= 15 is 0 Å². The molecule has 2 atom stereocenters. The summed E-state index contributed by atoms with van der Waals surface area (Å²) in [6.07, 6.45) is 6.03. The molecule has 1 aliphatic rings. The van der Waals surface area contributed by atoms with Crippen molar-refractivity contribution in [1.29, 1.82) is 0 Å². The van der Waals surface area contributed by atoms with Crippen molar-refractivity contribution in [1.82, 2.24) is 9.88 Å². The number of amides is 1. The molecule has 4 nitrogen and oxygen atoms in total. The van der Waals surface area contributed by atoms with Gasteiger partial charge in [0, 0.05) is 18.8 Å². The molecular weight excluding hydrogens is 226 g/mol. The van der Waals surface area contributed by atoms with Crippen LogP contribution in [0.5, 0.6) is 0 Å². The van der Waals surface area contributed by atoms with Gasteiger partial charge in [-0.25, -0.2) is 4.98 Å². The van der Waals surface area contributed by atoms with Crippen LogP contribution in [-0.4, -0.2) is 28.9 Å². The lowest BCUT2D eigenvalue weighted by atomic mass is 10.1. The standard InChI is InChI=1S/C14H21N3O/c1-3-11(2)16-14-7-6-12(9-15-14)13-5-4-8-17(13)10-18/h6-7,9-11,13H,3-5,8H2,1-2H3,(H,15,16)/t11-,13-/m1/s1. The van der Waals surface area contributed by atoms with Crippen molar-refractivity contribution >= 4 is 12.2 Å². The third-order valence-corrected chi connectivity index (χ3v) is 3.61. The molecule has 1 fully saturated rings. The molecule has 1 amide bonds. The second-order valence-corrected chi connectivity index (χ2v) is 4.93. The molecule has 2 rings (SSSR count). The SMILES string of the molecule is CC[C@@H](C)Nc1ccc([C@H]2CCCN2C=O)cn1. The fourth-order valence-corrected chi connectivity index (χ4v) is 2.32. The summed E-state index contributed by atoms with van der Waals surface area (Å²) in [4.78, 5) is 17.2. The highest BCUT2D eigenvalue weighted by molar-refractivity contribution is 5.50. The summed E-state index contributed by atoms with van der Waals surface area (Å²) >= 11 is 0. The molecule has 1 N–H and O–H groups in total. The topological polar surface area (TPSA) is 45.2 Å². The Bertz CT molecular complexity index is 391. The van der Waals surface area contributed by atoms with E-state index in [1.807, 2.05) is 17.2 Å².